The summed E-state index contributed by atoms with van der Waals surface area (Å²) in [6, 6.07) is 8.23. The smallest absolute Gasteiger partial charge is 0.381 e. The van der Waals surface area contributed by atoms with E-state index in [9.17, 15) is 13.2 Å². The Morgan fingerprint density at radius 2 is 1.38 bits per heavy atom. The first-order chi connectivity index (χ1) is 9.74. The largest absolute Gasteiger partial charge is 0.416 e. The van der Waals surface area contributed by atoms with Gasteiger partial charge < -0.3 is 5.32 Å². The number of nitrogens with one attached hydrogen (secondary N) is 1. The highest BCUT2D eigenvalue weighted by Gasteiger charge is 2.31. The minimum absolute atomic E-state index is 0.0106. The van der Waals surface area contributed by atoms with Crippen LogP contribution in [0.1, 0.15) is 11.1 Å². The predicted octanol–water partition coefficient (Wildman–Crippen LogP) is 6.28. The van der Waals surface area contributed by atoms with Crippen molar-refractivity contribution in [1.29, 1.82) is 0 Å². The van der Waals surface area contributed by atoms with Gasteiger partial charge in [-0.15, -0.1) is 0 Å². The maximum atomic E-state index is 12.7. The highest BCUT2D eigenvalue weighted by Crippen LogP contribution is 2.33. The van der Waals surface area contributed by atoms with Crippen LogP contribution in [-0.2, 0) is 12.7 Å². The normalized spacial score (nSPS) is 11.5. The highest BCUT2D eigenvalue weighted by atomic mass is 35.5. The van der Waals surface area contributed by atoms with Crippen molar-refractivity contribution in [2.24, 2.45) is 0 Å². The Morgan fingerprint density at radius 1 is 0.810 bits per heavy atom. The summed E-state index contributed by atoms with van der Waals surface area (Å²) in [5, 5.41) is 3.80. The molecule has 0 radical (unpaired) electrons. The van der Waals surface area contributed by atoms with E-state index in [4.69, 9.17) is 34.8 Å². The van der Waals surface area contributed by atoms with Gasteiger partial charge >= 0.3 is 6.18 Å². The van der Waals surface area contributed by atoms with E-state index in [0.717, 1.165) is 17.7 Å². The zero-order chi connectivity index (χ0) is 15.6. The fourth-order valence-corrected chi connectivity index (χ4v) is 2.58. The van der Waals surface area contributed by atoms with E-state index in [1.165, 1.54) is 6.07 Å². The van der Waals surface area contributed by atoms with Crippen molar-refractivity contribution in [3.63, 3.8) is 0 Å². The summed E-state index contributed by atoms with van der Waals surface area (Å²) in [6.07, 6.45) is -4.44. The van der Waals surface area contributed by atoms with Crippen molar-refractivity contribution in [3.8, 4) is 0 Å². The third-order valence-corrected chi connectivity index (χ3v) is 3.30. The van der Waals surface area contributed by atoms with Crippen molar-refractivity contribution in [2.45, 2.75) is 12.7 Å². The van der Waals surface area contributed by atoms with Crippen LogP contribution in [-0.4, -0.2) is 0 Å². The molecule has 2 rings (SSSR count). The lowest BCUT2D eigenvalue weighted by atomic mass is 10.1. The molecule has 0 atom stereocenters. The second-order valence-electron chi connectivity index (χ2n) is 4.36. The number of rotatable bonds is 3. The standard InChI is InChI=1S/C14H9Cl3F3N/c15-10-1-8(2-11(16)5-10)7-21-13-4-9(14(18,19)20)3-12(17)6-13/h1-6,21H,7H2. The van der Waals surface area contributed by atoms with Crippen LogP contribution in [0.5, 0.6) is 0 Å². The summed E-state index contributed by atoms with van der Waals surface area (Å²) in [6.45, 7) is 0.276. The molecule has 0 aliphatic carbocycles. The maximum absolute atomic E-state index is 12.7. The maximum Gasteiger partial charge on any atom is 0.416 e. The summed E-state index contributed by atoms with van der Waals surface area (Å²) in [5.74, 6) is 0. The number of alkyl halides is 3. The van der Waals surface area contributed by atoms with E-state index in [-0.39, 0.29) is 17.3 Å². The van der Waals surface area contributed by atoms with Crippen LogP contribution in [0.4, 0.5) is 18.9 Å². The molecule has 0 saturated heterocycles. The van der Waals surface area contributed by atoms with Crippen molar-refractivity contribution in [2.75, 3.05) is 5.32 Å². The first-order valence-electron chi connectivity index (χ1n) is 5.81. The van der Waals surface area contributed by atoms with Gasteiger partial charge in [0.1, 0.15) is 0 Å². The summed E-state index contributed by atoms with van der Waals surface area (Å²) >= 11 is 17.4. The molecule has 0 spiro atoms. The van der Waals surface area contributed by atoms with Gasteiger partial charge in [-0.3, -0.25) is 0 Å². The van der Waals surface area contributed by atoms with Crippen molar-refractivity contribution < 1.29 is 13.2 Å². The Labute approximate surface area is 134 Å². The Morgan fingerprint density at radius 3 is 1.95 bits per heavy atom. The third-order valence-electron chi connectivity index (χ3n) is 2.64. The van der Waals surface area contributed by atoms with Gasteiger partial charge in [-0.25, -0.2) is 0 Å². The molecule has 7 heteroatoms. The molecule has 1 nitrogen and oxygen atoms in total. The molecule has 2 aromatic rings. The molecule has 0 saturated carbocycles. The fraction of sp³-hybridized carbons (Fsp3) is 0.143. The molecule has 0 heterocycles. The van der Waals surface area contributed by atoms with Gasteiger partial charge in [0, 0.05) is 27.3 Å². The van der Waals surface area contributed by atoms with Crippen LogP contribution in [0.15, 0.2) is 36.4 Å². The quantitative estimate of drug-likeness (QED) is 0.684. The molecule has 0 aliphatic rings. The average molecular weight is 355 g/mol. The van der Waals surface area contributed by atoms with Gasteiger partial charge in [0.15, 0.2) is 0 Å². The van der Waals surface area contributed by atoms with E-state index in [0.29, 0.717) is 10.0 Å². The van der Waals surface area contributed by atoms with Crippen LogP contribution in [0.25, 0.3) is 0 Å². The minimum atomic E-state index is -4.44. The molecule has 0 aromatic heterocycles. The van der Waals surface area contributed by atoms with Crippen LogP contribution in [0.2, 0.25) is 15.1 Å². The lowest BCUT2D eigenvalue weighted by Gasteiger charge is -2.12. The van der Waals surface area contributed by atoms with Gasteiger partial charge in [0.2, 0.25) is 0 Å². The molecular weight excluding hydrogens is 346 g/mol. The number of halogens is 6. The lowest BCUT2D eigenvalue weighted by Crippen LogP contribution is -2.07. The molecule has 21 heavy (non-hydrogen) atoms. The molecule has 0 aliphatic heterocycles. The van der Waals surface area contributed by atoms with E-state index < -0.39 is 11.7 Å². The number of benzene rings is 2. The first-order valence-corrected chi connectivity index (χ1v) is 6.94. The highest BCUT2D eigenvalue weighted by molar-refractivity contribution is 6.34. The van der Waals surface area contributed by atoms with Crippen molar-refractivity contribution >= 4 is 40.5 Å². The first kappa shape index (κ1) is 16.3. The third kappa shape index (κ3) is 4.70. The van der Waals surface area contributed by atoms with E-state index in [1.54, 1.807) is 18.2 Å². The summed E-state index contributed by atoms with van der Waals surface area (Å²) < 4.78 is 38.1. The predicted molar refractivity (Wildman–Crippen MR) is 80.2 cm³/mol. The molecule has 1 N–H and O–H groups in total. The van der Waals surface area contributed by atoms with Gasteiger partial charge in [-0.05, 0) is 42.0 Å². The Bertz CT molecular complexity index is 636. The summed E-state index contributed by atoms with van der Waals surface area (Å²) in [4.78, 5) is 0. The average Bonchev–Trinajstić information content (AvgIpc) is 2.33. The van der Waals surface area contributed by atoms with E-state index >= 15 is 0 Å². The van der Waals surface area contributed by atoms with E-state index in [2.05, 4.69) is 5.32 Å². The summed E-state index contributed by atoms with van der Waals surface area (Å²) in [5.41, 5.74) is 0.216. The second kappa shape index (κ2) is 6.34. The minimum Gasteiger partial charge on any atom is -0.381 e. The van der Waals surface area contributed by atoms with Crippen molar-refractivity contribution in [3.05, 3.63) is 62.6 Å². The van der Waals surface area contributed by atoms with Gasteiger partial charge in [-0.2, -0.15) is 13.2 Å². The Kier molecular flexibility index (Phi) is 4.91. The molecule has 0 amide bonds. The van der Waals surface area contributed by atoms with Crippen LogP contribution in [0.3, 0.4) is 0 Å². The molecule has 0 fully saturated rings. The van der Waals surface area contributed by atoms with Crippen LogP contribution < -0.4 is 5.32 Å². The van der Waals surface area contributed by atoms with Gasteiger partial charge in [-0.1, -0.05) is 34.8 Å². The zero-order valence-electron chi connectivity index (χ0n) is 10.4. The van der Waals surface area contributed by atoms with Crippen LogP contribution in [0, 0.1) is 0 Å². The number of hydrogen-bond donors (Lipinski definition) is 1. The monoisotopic (exact) mass is 353 g/mol. The molecule has 2 aromatic carbocycles. The lowest BCUT2D eigenvalue weighted by molar-refractivity contribution is -0.137. The van der Waals surface area contributed by atoms with Gasteiger partial charge in [0.25, 0.3) is 0 Å². The van der Waals surface area contributed by atoms with E-state index in [1.807, 2.05) is 0 Å². The number of hydrogen-bond acceptors (Lipinski definition) is 1. The number of anilines is 1. The van der Waals surface area contributed by atoms with Crippen molar-refractivity contribution in [1.82, 2.24) is 0 Å². The topological polar surface area (TPSA) is 12.0 Å². The zero-order valence-corrected chi connectivity index (χ0v) is 12.7. The van der Waals surface area contributed by atoms with Crippen LogP contribution >= 0.6 is 34.8 Å². The summed E-state index contributed by atoms with van der Waals surface area (Å²) in [7, 11) is 0. The second-order valence-corrected chi connectivity index (χ2v) is 5.67. The molecule has 112 valence electrons. The molecule has 0 unspecified atom stereocenters. The fourth-order valence-electron chi connectivity index (χ4n) is 1.77. The molecular formula is C14H9Cl3F3N. The molecule has 0 bridgehead atoms. The van der Waals surface area contributed by atoms with Gasteiger partial charge in [0.05, 0.1) is 5.56 Å². The SMILES string of the molecule is FC(F)(F)c1cc(Cl)cc(NCc2cc(Cl)cc(Cl)c2)c1. The Hall–Kier alpha value is -1.10. The Balaban J connectivity index is 2.18.